The molecule has 0 aliphatic heterocycles. The Morgan fingerprint density at radius 2 is 2.33 bits per heavy atom. The molecule has 58 valence electrons. The highest BCUT2D eigenvalue weighted by Gasteiger charge is 2.06. The number of hydrogen-bond donors (Lipinski definition) is 0. The van der Waals surface area contributed by atoms with Gasteiger partial charge < -0.3 is 4.52 Å². The minimum atomic E-state index is 0.201. The fourth-order valence-corrected chi connectivity index (χ4v) is 1.17. The molecule has 1 heterocycles. The molecule has 3 nitrogen and oxygen atoms in total. The van der Waals surface area contributed by atoms with Crippen LogP contribution in [0.25, 0.3) is 10.9 Å². The summed E-state index contributed by atoms with van der Waals surface area (Å²) in [6.07, 6.45) is 0. The van der Waals surface area contributed by atoms with Crippen molar-refractivity contribution in [2.24, 2.45) is 0 Å². The first-order chi connectivity index (χ1) is 5.81. The molecule has 0 saturated carbocycles. The number of nitrogens with zero attached hydrogens (tertiary/aromatic N) is 2. The van der Waals surface area contributed by atoms with Crippen molar-refractivity contribution in [3.05, 3.63) is 29.0 Å². The van der Waals surface area contributed by atoms with Gasteiger partial charge in [-0.1, -0.05) is 16.8 Å². The molecular formula is C8H3ClN2O. The largest absolute Gasteiger partial charge is 0.344 e. The van der Waals surface area contributed by atoms with E-state index in [-0.39, 0.29) is 5.76 Å². The lowest BCUT2D eigenvalue weighted by Gasteiger charge is -1.86. The Labute approximate surface area is 73.1 Å². The van der Waals surface area contributed by atoms with Gasteiger partial charge in [-0.15, -0.1) is 0 Å². The van der Waals surface area contributed by atoms with Gasteiger partial charge in [-0.25, -0.2) is 0 Å². The van der Waals surface area contributed by atoms with Gasteiger partial charge in [-0.05, 0) is 18.2 Å². The third kappa shape index (κ3) is 0.936. The van der Waals surface area contributed by atoms with E-state index >= 15 is 0 Å². The lowest BCUT2D eigenvalue weighted by molar-refractivity contribution is 0.418. The quantitative estimate of drug-likeness (QED) is 0.622. The Morgan fingerprint density at radius 3 is 3.08 bits per heavy atom. The number of aromatic nitrogens is 1. The van der Waals surface area contributed by atoms with E-state index in [0.717, 1.165) is 0 Å². The Balaban J connectivity index is 2.86. The molecule has 1 aromatic carbocycles. The van der Waals surface area contributed by atoms with Crippen LogP contribution in [0.3, 0.4) is 0 Å². The number of benzene rings is 1. The summed E-state index contributed by atoms with van der Waals surface area (Å²) in [5, 5.41) is 13.5. The first kappa shape index (κ1) is 7.14. The van der Waals surface area contributed by atoms with Crippen LogP contribution in [-0.4, -0.2) is 5.16 Å². The van der Waals surface area contributed by atoms with Crippen molar-refractivity contribution >= 4 is 22.5 Å². The number of nitriles is 1. The molecule has 0 N–H and O–H groups in total. The standard InChI is InChI=1S/C8H3ClN2O/c9-5-1-2-7-6(3-5)8(4-10)12-11-7/h1-3H. The van der Waals surface area contributed by atoms with Crippen LogP contribution in [0.2, 0.25) is 5.02 Å². The normalized spacial score (nSPS) is 10.0. The van der Waals surface area contributed by atoms with Gasteiger partial charge in [0.2, 0.25) is 5.76 Å². The van der Waals surface area contributed by atoms with Crippen LogP contribution in [0.15, 0.2) is 22.7 Å². The van der Waals surface area contributed by atoms with E-state index in [0.29, 0.717) is 15.9 Å². The third-order valence-electron chi connectivity index (χ3n) is 1.54. The fraction of sp³-hybridized carbons (Fsp3) is 0. The third-order valence-corrected chi connectivity index (χ3v) is 1.78. The summed E-state index contributed by atoms with van der Waals surface area (Å²) < 4.78 is 4.75. The molecule has 0 atom stereocenters. The van der Waals surface area contributed by atoms with Gasteiger partial charge in [0.25, 0.3) is 0 Å². The topological polar surface area (TPSA) is 49.8 Å². The van der Waals surface area contributed by atoms with Gasteiger partial charge in [0.1, 0.15) is 11.6 Å². The molecule has 0 aliphatic rings. The highest BCUT2D eigenvalue weighted by atomic mass is 35.5. The van der Waals surface area contributed by atoms with E-state index in [9.17, 15) is 0 Å². The lowest BCUT2D eigenvalue weighted by Crippen LogP contribution is -1.69. The van der Waals surface area contributed by atoms with Crippen LogP contribution < -0.4 is 0 Å². The van der Waals surface area contributed by atoms with Crippen LogP contribution in [0.5, 0.6) is 0 Å². The molecule has 0 unspecified atom stereocenters. The van der Waals surface area contributed by atoms with E-state index < -0.39 is 0 Å². The molecular weight excluding hydrogens is 176 g/mol. The molecule has 0 radical (unpaired) electrons. The predicted octanol–water partition coefficient (Wildman–Crippen LogP) is 2.35. The zero-order valence-corrected chi connectivity index (χ0v) is 6.67. The molecule has 0 fully saturated rings. The summed E-state index contributed by atoms with van der Waals surface area (Å²) in [5.41, 5.74) is 0.649. The summed E-state index contributed by atoms with van der Waals surface area (Å²) in [7, 11) is 0. The number of halogens is 1. The van der Waals surface area contributed by atoms with Gasteiger partial charge in [0.05, 0.1) is 5.39 Å². The molecule has 0 aliphatic carbocycles. The van der Waals surface area contributed by atoms with E-state index in [1.165, 1.54) is 0 Å². The second-order valence-electron chi connectivity index (χ2n) is 2.28. The van der Waals surface area contributed by atoms with Gasteiger partial charge >= 0.3 is 0 Å². The molecule has 0 saturated heterocycles. The Kier molecular flexibility index (Phi) is 1.49. The summed E-state index contributed by atoms with van der Waals surface area (Å²) in [4.78, 5) is 0. The number of hydrogen-bond acceptors (Lipinski definition) is 3. The van der Waals surface area contributed by atoms with E-state index in [1.807, 2.05) is 6.07 Å². The van der Waals surface area contributed by atoms with Crippen molar-refractivity contribution < 1.29 is 4.52 Å². The van der Waals surface area contributed by atoms with Crippen molar-refractivity contribution in [1.29, 1.82) is 5.26 Å². The minimum absolute atomic E-state index is 0.201. The first-order valence-electron chi connectivity index (χ1n) is 3.26. The van der Waals surface area contributed by atoms with Crippen LogP contribution >= 0.6 is 11.6 Å². The maximum atomic E-state index is 8.59. The smallest absolute Gasteiger partial charge is 0.243 e. The number of fused-ring (bicyclic) bond motifs is 1. The Bertz CT molecular complexity index is 469. The summed E-state index contributed by atoms with van der Waals surface area (Å²) in [6, 6.07) is 6.96. The Hall–Kier alpha value is -1.53. The van der Waals surface area contributed by atoms with Crippen LogP contribution in [0, 0.1) is 11.3 Å². The zero-order valence-electron chi connectivity index (χ0n) is 5.91. The SMILES string of the molecule is N#Cc1onc2ccc(Cl)cc12. The Morgan fingerprint density at radius 1 is 1.50 bits per heavy atom. The maximum Gasteiger partial charge on any atom is 0.243 e. The zero-order chi connectivity index (χ0) is 8.55. The second-order valence-corrected chi connectivity index (χ2v) is 2.72. The van der Waals surface area contributed by atoms with E-state index in [1.54, 1.807) is 18.2 Å². The molecule has 0 spiro atoms. The molecule has 12 heavy (non-hydrogen) atoms. The fourth-order valence-electron chi connectivity index (χ4n) is 0.994. The monoisotopic (exact) mass is 178 g/mol. The average molecular weight is 179 g/mol. The molecule has 0 bridgehead atoms. The maximum absolute atomic E-state index is 8.59. The summed E-state index contributed by atoms with van der Waals surface area (Å²) >= 11 is 5.73. The lowest BCUT2D eigenvalue weighted by atomic mass is 10.2. The van der Waals surface area contributed by atoms with Crippen molar-refractivity contribution in [1.82, 2.24) is 5.16 Å². The molecule has 2 aromatic rings. The average Bonchev–Trinajstić information content (AvgIpc) is 2.46. The van der Waals surface area contributed by atoms with Crippen molar-refractivity contribution in [2.45, 2.75) is 0 Å². The van der Waals surface area contributed by atoms with Gasteiger partial charge in [0.15, 0.2) is 0 Å². The number of rotatable bonds is 0. The van der Waals surface area contributed by atoms with Crippen LogP contribution in [0.4, 0.5) is 0 Å². The first-order valence-corrected chi connectivity index (χ1v) is 3.64. The van der Waals surface area contributed by atoms with Crippen molar-refractivity contribution in [2.75, 3.05) is 0 Å². The highest BCUT2D eigenvalue weighted by molar-refractivity contribution is 6.31. The van der Waals surface area contributed by atoms with Gasteiger partial charge in [-0.2, -0.15) is 5.26 Å². The van der Waals surface area contributed by atoms with Crippen LogP contribution in [0.1, 0.15) is 5.76 Å². The minimum Gasteiger partial charge on any atom is -0.344 e. The van der Waals surface area contributed by atoms with Crippen molar-refractivity contribution in [3.8, 4) is 6.07 Å². The molecule has 4 heteroatoms. The molecule has 1 aromatic heterocycles. The highest BCUT2D eigenvalue weighted by Crippen LogP contribution is 2.21. The second kappa shape index (κ2) is 2.50. The predicted molar refractivity (Wildman–Crippen MR) is 43.7 cm³/mol. The van der Waals surface area contributed by atoms with E-state index in [2.05, 4.69) is 5.16 Å². The van der Waals surface area contributed by atoms with Gasteiger partial charge in [0, 0.05) is 5.02 Å². The molecule has 0 amide bonds. The van der Waals surface area contributed by atoms with Crippen LogP contribution in [-0.2, 0) is 0 Å². The van der Waals surface area contributed by atoms with Crippen molar-refractivity contribution in [3.63, 3.8) is 0 Å². The molecule has 2 rings (SSSR count). The summed E-state index contributed by atoms with van der Waals surface area (Å²) in [5.74, 6) is 0.201. The summed E-state index contributed by atoms with van der Waals surface area (Å²) in [6.45, 7) is 0. The van der Waals surface area contributed by atoms with Gasteiger partial charge in [-0.3, -0.25) is 0 Å². The van der Waals surface area contributed by atoms with E-state index in [4.69, 9.17) is 21.4 Å².